The van der Waals surface area contributed by atoms with E-state index in [1.807, 2.05) is 0 Å². The van der Waals surface area contributed by atoms with Gasteiger partial charge in [-0.25, -0.2) is 4.79 Å². The lowest BCUT2D eigenvalue weighted by Gasteiger charge is -2.39. The van der Waals surface area contributed by atoms with Gasteiger partial charge in [-0.1, -0.05) is 0 Å². The topological polar surface area (TPSA) is 64.8 Å². The average Bonchev–Trinajstić information content (AvgIpc) is 2.35. The zero-order chi connectivity index (χ0) is 17.0. The molecule has 1 aliphatic heterocycles. The zero-order valence-corrected chi connectivity index (χ0v) is 13.3. The SMILES string of the molecule is CC(C)(C)OC(=O)N1CCOCC1C(N)CCCC(F)(F)F. The number of alkyl halides is 3. The van der Waals surface area contributed by atoms with Gasteiger partial charge in [0.15, 0.2) is 0 Å². The number of ether oxygens (including phenoxy) is 2. The smallest absolute Gasteiger partial charge is 0.410 e. The maximum atomic E-state index is 12.2. The Morgan fingerprint density at radius 3 is 2.59 bits per heavy atom. The molecule has 130 valence electrons. The van der Waals surface area contributed by atoms with E-state index in [-0.39, 0.29) is 19.4 Å². The summed E-state index contributed by atoms with van der Waals surface area (Å²) in [6.45, 7) is 6.17. The van der Waals surface area contributed by atoms with Crippen LogP contribution in [-0.2, 0) is 9.47 Å². The fourth-order valence-electron chi connectivity index (χ4n) is 2.26. The number of carbonyl (C=O) groups excluding carboxylic acids is 1. The summed E-state index contributed by atoms with van der Waals surface area (Å²) in [5, 5.41) is 0. The third-order valence-electron chi connectivity index (χ3n) is 3.29. The van der Waals surface area contributed by atoms with Crippen LogP contribution in [0, 0.1) is 0 Å². The molecule has 0 saturated carbocycles. The maximum absolute atomic E-state index is 12.2. The summed E-state index contributed by atoms with van der Waals surface area (Å²) in [4.78, 5) is 13.6. The van der Waals surface area contributed by atoms with Gasteiger partial charge in [0.1, 0.15) is 5.60 Å². The summed E-state index contributed by atoms with van der Waals surface area (Å²) >= 11 is 0. The van der Waals surface area contributed by atoms with Gasteiger partial charge >= 0.3 is 12.3 Å². The van der Waals surface area contributed by atoms with Gasteiger partial charge in [0.05, 0.1) is 19.3 Å². The van der Waals surface area contributed by atoms with Crippen molar-refractivity contribution in [3.05, 3.63) is 0 Å². The van der Waals surface area contributed by atoms with Crippen molar-refractivity contribution in [2.45, 2.75) is 63.9 Å². The van der Waals surface area contributed by atoms with Crippen molar-refractivity contribution in [3.8, 4) is 0 Å². The lowest BCUT2D eigenvalue weighted by Crippen LogP contribution is -2.57. The van der Waals surface area contributed by atoms with E-state index in [4.69, 9.17) is 15.2 Å². The van der Waals surface area contributed by atoms with Crippen LogP contribution in [0.1, 0.15) is 40.0 Å². The second-order valence-electron chi connectivity index (χ2n) is 6.49. The number of nitrogens with two attached hydrogens (primary N) is 1. The predicted octanol–water partition coefficient (Wildman–Crippen LogP) is 2.68. The first-order chi connectivity index (χ1) is 9.99. The van der Waals surface area contributed by atoms with E-state index in [9.17, 15) is 18.0 Å². The van der Waals surface area contributed by atoms with E-state index < -0.39 is 36.4 Å². The lowest BCUT2D eigenvalue weighted by atomic mass is 10.0. The molecule has 1 heterocycles. The molecule has 22 heavy (non-hydrogen) atoms. The van der Waals surface area contributed by atoms with E-state index in [0.29, 0.717) is 13.2 Å². The third kappa shape index (κ3) is 6.83. The number of amides is 1. The molecule has 2 N–H and O–H groups in total. The minimum Gasteiger partial charge on any atom is -0.444 e. The number of halogens is 3. The molecule has 2 atom stereocenters. The van der Waals surface area contributed by atoms with Crippen molar-refractivity contribution in [2.24, 2.45) is 5.73 Å². The van der Waals surface area contributed by atoms with Crippen LogP contribution >= 0.6 is 0 Å². The van der Waals surface area contributed by atoms with Crippen LogP contribution in [0.5, 0.6) is 0 Å². The van der Waals surface area contributed by atoms with Gasteiger partial charge in [-0.3, -0.25) is 4.90 Å². The molecule has 0 radical (unpaired) electrons. The fraction of sp³-hybridized carbons (Fsp3) is 0.929. The van der Waals surface area contributed by atoms with Crippen molar-refractivity contribution < 1.29 is 27.4 Å². The second-order valence-corrected chi connectivity index (χ2v) is 6.49. The quantitative estimate of drug-likeness (QED) is 0.863. The first kappa shape index (κ1) is 19.0. The molecule has 1 rings (SSSR count). The first-order valence-corrected chi connectivity index (χ1v) is 7.39. The highest BCUT2D eigenvalue weighted by molar-refractivity contribution is 5.68. The molecule has 2 unspecified atom stereocenters. The molecule has 0 aromatic rings. The maximum Gasteiger partial charge on any atom is 0.410 e. The Bertz CT molecular complexity index is 369. The van der Waals surface area contributed by atoms with E-state index >= 15 is 0 Å². The largest absolute Gasteiger partial charge is 0.444 e. The summed E-state index contributed by atoms with van der Waals surface area (Å²) in [5.74, 6) is 0. The third-order valence-corrected chi connectivity index (χ3v) is 3.29. The van der Waals surface area contributed by atoms with E-state index in [2.05, 4.69) is 0 Å². The first-order valence-electron chi connectivity index (χ1n) is 7.39. The Kier molecular flexibility index (Phi) is 6.49. The molecule has 8 heteroatoms. The number of hydrogen-bond acceptors (Lipinski definition) is 4. The molecule has 5 nitrogen and oxygen atoms in total. The highest BCUT2D eigenvalue weighted by Gasteiger charge is 2.35. The Hall–Kier alpha value is -1.02. The number of nitrogens with zero attached hydrogens (tertiary/aromatic N) is 1. The normalized spacial score (nSPS) is 21.6. The summed E-state index contributed by atoms with van der Waals surface area (Å²) in [5.41, 5.74) is 5.33. The van der Waals surface area contributed by atoms with E-state index in [0.717, 1.165) is 0 Å². The number of rotatable bonds is 4. The predicted molar refractivity (Wildman–Crippen MR) is 75.4 cm³/mol. The summed E-state index contributed by atoms with van der Waals surface area (Å²) in [6.07, 6.45) is -5.46. The molecule has 1 aliphatic rings. The highest BCUT2D eigenvalue weighted by atomic mass is 19.4. The standard InChI is InChI=1S/C14H25F3N2O3/c1-13(2,3)22-12(20)19-7-8-21-9-11(19)10(18)5-4-6-14(15,16)17/h10-11H,4-9,18H2,1-3H3. The summed E-state index contributed by atoms with van der Waals surface area (Å²) < 4.78 is 47.2. The summed E-state index contributed by atoms with van der Waals surface area (Å²) in [7, 11) is 0. The van der Waals surface area contributed by atoms with Crippen LogP contribution in [0.2, 0.25) is 0 Å². The zero-order valence-electron chi connectivity index (χ0n) is 13.3. The van der Waals surface area contributed by atoms with Crippen LogP contribution < -0.4 is 5.73 Å². The van der Waals surface area contributed by atoms with Gasteiger partial charge < -0.3 is 15.2 Å². The Morgan fingerprint density at radius 2 is 2.05 bits per heavy atom. The second kappa shape index (κ2) is 7.50. The number of morpholine rings is 1. The summed E-state index contributed by atoms with van der Waals surface area (Å²) in [6, 6.07) is -1.04. The molecule has 0 aromatic carbocycles. The Morgan fingerprint density at radius 1 is 1.41 bits per heavy atom. The molecule has 1 saturated heterocycles. The Balaban J connectivity index is 2.58. The molecule has 0 bridgehead atoms. The minimum atomic E-state index is -4.19. The molecule has 1 fully saturated rings. The van der Waals surface area contributed by atoms with Gasteiger partial charge in [0, 0.05) is 19.0 Å². The van der Waals surface area contributed by atoms with Crippen molar-refractivity contribution in [2.75, 3.05) is 19.8 Å². The average molecular weight is 326 g/mol. The Labute approximate surface area is 128 Å². The van der Waals surface area contributed by atoms with Crippen LogP contribution in [-0.4, -0.2) is 54.6 Å². The van der Waals surface area contributed by atoms with Crippen molar-refractivity contribution >= 4 is 6.09 Å². The van der Waals surface area contributed by atoms with Crippen molar-refractivity contribution in [3.63, 3.8) is 0 Å². The molecular formula is C14H25F3N2O3. The van der Waals surface area contributed by atoms with Crippen LogP contribution in [0.15, 0.2) is 0 Å². The molecule has 0 spiro atoms. The van der Waals surface area contributed by atoms with Crippen LogP contribution in [0.25, 0.3) is 0 Å². The van der Waals surface area contributed by atoms with Crippen LogP contribution in [0.3, 0.4) is 0 Å². The number of carbonyl (C=O) groups is 1. The van der Waals surface area contributed by atoms with Gasteiger partial charge in [-0.05, 0) is 33.6 Å². The minimum absolute atomic E-state index is 0.0661. The van der Waals surface area contributed by atoms with Gasteiger partial charge in [0.25, 0.3) is 0 Å². The lowest BCUT2D eigenvalue weighted by molar-refractivity contribution is -0.136. The molecule has 1 amide bonds. The van der Waals surface area contributed by atoms with Gasteiger partial charge in [0.2, 0.25) is 0 Å². The highest BCUT2D eigenvalue weighted by Crippen LogP contribution is 2.24. The molecular weight excluding hydrogens is 301 g/mol. The molecule has 0 aromatic heterocycles. The number of hydrogen-bond donors (Lipinski definition) is 1. The van der Waals surface area contributed by atoms with Crippen LogP contribution in [0.4, 0.5) is 18.0 Å². The van der Waals surface area contributed by atoms with E-state index in [1.54, 1.807) is 20.8 Å². The van der Waals surface area contributed by atoms with E-state index in [1.165, 1.54) is 4.90 Å². The molecule has 0 aliphatic carbocycles. The van der Waals surface area contributed by atoms with Crippen molar-refractivity contribution in [1.29, 1.82) is 0 Å². The van der Waals surface area contributed by atoms with Crippen molar-refractivity contribution in [1.82, 2.24) is 4.90 Å². The monoisotopic (exact) mass is 326 g/mol. The fourth-order valence-corrected chi connectivity index (χ4v) is 2.26. The van der Waals surface area contributed by atoms with Gasteiger partial charge in [-0.2, -0.15) is 13.2 Å². The van der Waals surface area contributed by atoms with Gasteiger partial charge in [-0.15, -0.1) is 0 Å².